The predicted octanol–water partition coefficient (Wildman–Crippen LogP) is 3.75. The second-order valence-corrected chi connectivity index (χ2v) is 4.71. The van der Waals surface area contributed by atoms with Crippen LogP contribution in [0.15, 0.2) is 0 Å². The molecule has 0 aliphatic heterocycles. The lowest BCUT2D eigenvalue weighted by molar-refractivity contribution is 0.124. The Labute approximate surface area is 102 Å². The number of hydrogen-bond donors (Lipinski definition) is 1. The van der Waals surface area contributed by atoms with Crippen molar-refractivity contribution in [3.8, 4) is 0 Å². The fourth-order valence-corrected chi connectivity index (χ4v) is 1.72. The van der Waals surface area contributed by atoms with Crippen molar-refractivity contribution in [2.24, 2.45) is 0 Å². The summed E-state index contributed by atoms with van der Waals surface area (Å²) in [4.78, 5) is 0. The van der Waals surface area contributed by atoms with Crippen LogP contribution in [-0.4, -0.2) is 26.3 Å². The maximum atomic E-state index is 5.61. The van der Waals surface area contributed by atoms with Gasteiger partial charge in [-0.25, -0.2) is 0 Å². The first-order chi connectivity index (χ1) is 7.81. The highest BCUT2D eigenvalue weighted by molar-refractivity contribution is 4.55. The molecule has 1 N–H and O–H groups in total. The monoisotopic (exact) mass is 229 g/mol. The molecule has 98 valence electrons. The van der Waals surface area contributed by atoms with Crippen molar-refractivity contribution >= 4 is 0 Å². The standard InChI is InChI=1S/C14H31NO/c1-4-5-6-7-8-9-12-16-13-10-11-14(2)15-3/h14-15H,4-13H2,1-3H3. The van der Waals surface area contributed by atoms with E-state index in [1.807, 2.05) is 7.05 Å². The zero-order valence-corrected chi connectivity index (χ0v) is 11.6. The van der Waals surface area contributed by atoms with Crippen LogP contribution in [0, 0.1) is 0 Å². The lowest BCUT2D eigenvalue weighted by Crippen LogP contribution is -2.21. The Balaban J connectivity index is 2.93. The van der Waals surface area contributed by atoms with E-state index in [4.69, 9.17) is 4.74 Å². The third kappa shape index (κ3) is 12.0. The summed E-state index contributed by atoms with van der Waals surface area (Å²) in [5.41, 5.74) is 0. The van der Waals surface area contributed by atoms with Gasteiger partial charge in [-0.05, 0) is 33.2 Å². The Morgan fingerprint density at radius 3 is 2.25 bits per heavy atom. The average molecular weight is 229 g/mol. The molecule has 0 spiro atoms. The molecule has 0 heterocycles. The van der Waals surface area contributed by atoms with Crippen LogP contribution >= 0.6 is 0 Å². The van der Waals surface area contributed by atoms with Crippen LogP contribution in [0.2, 0.25) is 0 Å². The van der Waals surface area contributed by atoms with Gasteiger partial charge in [0.05, 0.1) is 0 Å². The lowest BCUT2D eigenvalue weighted by atomic mass is 10.1. The topological polar surface area (TPSA) is 21.3 Å². The fraction of sp³-hybridized carbons (Fsp3) is 1.00. The molecule has 16 heavy (non-hydrogen) atoms. The van der Waals surface area contributed by atoms with Crippen LogP contribution in [0.1, 0.15) is 65.2 Å². The normalized spacial score (nSPS) is 12.9. The smallest absolute Gasteiger partial charge is 0.0466 e. The van der Waals surface area contributed by atoms with Gasteiger partial charge in [-0.15, -0.1) is 0 Å². The van der Waals surface area contributed by atoms with Gasteiger partial charge in [0.15, 0.2) is 0 Å². The minimum atomic E-state index is 0.623. The minimum absolute atomic E-state index is 0.623. The van der Waals surface area contributed by atoms with Gasteiger partial charge in [0.2, 0.25) is 0 Å². The van der Waals surface area contributed by atoms with E-state index in [-0.39, 0.29) is 0 Å². The quantitative estimate of drug-likeness (QED) is 0.515. The molecule has 1 atom stereocenters. The van der Waals surface area contributed by atoms with E-state index >= 15 is 0 Å². The lowest BCUT2D eigenvalue weighted by Gasteiger charge is -2.09. The molecule has 0 saturated carbocycles. The van der Waals surface area contributed by atoms with Crippen molar-refractivity contribution in [1.29, 1.82) is 0 Å². The Kier molecular flexibility index (Phi) is 12.9. The van der Waals surface area contributed by atoms with Crippen molar-refractivity contribution in [3.63, 3.8) is 0 Å². The second-order valence-electron chi connectivity index (χ2n) is 4.71. The molecule has 0 aromatic heterocycles. The predicted molar refractivity (Wildman–Crippen MR) is 72.0 cm³/mol. The van der Waals surface area contributed by atoms with Gasteiger partial charge in [0.25, 0.3) is 0 Å². The highest BCUT2D eigenvalue weighted by Gasteiger charge is 1.97. The molecular formula is C14H31NO. The first kappa shape index (κ1) is 15.9. The Morgan fingerprint density at radius 2 is 1.56 bits per heavy atom. The molecule has 0 bridgehead atoms. The summed E-state index contributed by atoms with van der Waals surface area (Å²) in [6.45, 7) is 6.37. The molecule has 0 aromatic rings. The van der Waals surface area contributed by atoms with Crippen LogP contribution in [-0.2, 0) is 4.74 Å². The number of hydrogen-bond acceptors (Lipinski definition) is 2. The van der Waals surface area contributed by atoms with Gasteiger partial charge in [-0.1, -0.05) is 39.0 Å². The van der Waals surface area contributed by atoms with E-state index in [9.17, 15) is 0 Å². The zero-order valence-electron chi connectivity index (χ0n) is 11.6. The van der Waals surface area contributed by atoms with Gasteiger partial charge < -0.3 is 10.1 Å². The van der Waals surface area contributed by atoms with Crippen molar-refractivity contribution in [2.75, 3.05) is 20.3 Å². The van der Waals surface area contributed by atoms with Crippen molar-refractivity contribution in [1.82, 2.24) is 5.32 Å². The number of nitrogens with one attached hydrogen (secondary N) is 1. The van der Waals surface area contributed by atoms with Crippen LogP contribution < -0.4 is 5.32 Å². The molecule has 2 heteroatoms. The maximum absolute atomic E-state index is 5.61. The zero-order chi connectivity index (χ0) is 12.1. The number of unbranched alkanes of at least 4 members (excludes halogenated alkanes) is 5. The number of rotatable bonds is 12. The highest BCUT2D eigenvalue weighted by atomic mass is 16.5. The van der Waals surface area contributed by atoms with Crippen LogP contribution in [0.4, 0.5) is 0 Å². The SMILES string of the molecule is CCCCCCCCOCCCC(C)NC. The Bertz CT molecular complexity index is 128. The van der Waals surface area contributed by atoms with E-state index in [0.29, 0.717) is 6.04 Å². The van der Waals surface area contributed by atoms with E-state index in [0.717, 1.165) is 13.2 Å². The molecule has 1 unspecified atom stereocenters. The summed E-state index contributed by atoms with van der Waals surface area (Å²) in [7, 11) is 2.02. The molecule has 0 radical (unpaired) electrons. The highest BCUT2D eigenvalue weighted by Crippen LogP contribution is 2.05. The average Bonchev–Trinajstić information content (AvgIpc) is 2.31. The van der Waals surface area contributed by atoms with Crippen molar-refractivity contribution in [2.45, 2.75) is 71.3 Å². The summed E-state index contributed by atoms with van der Waals surface area (Å²) in [5, 5.41) is 3.24. The first-order valence-electron chi connectivity index (χ1n) is 7.06. The molecule has 0 aromatic carbocycles. The molecule has 0 aliphatic carbocycles. The van der Waals surface area contributed by atoms with Crippen molar-refractivity contribution in [3.05, 3.63) is 0 Å². The Hall–Kier alpha value is -0.0800. The molecule has 0 rings (SSSR count). The van der Waals surface area contributed by atoms with E-state index in [1.54, 1.807) is 0 Å². The van der Waals surface area contributed by atoms with Crippen LogP contribution in [0.5, 0.6) is 0 Å². The van der Waals surface area contributed by atoms with E-state index in [1.165, 1.54) is 51.4 Å². The summed E-state index contributed by atoms with van der Waals surface area (Å²) in [5.74, 6) is 0. The summed E-state index contributed by atoms with van der Waals surface area (Å²) < 4.78 is 5.61. The van der Waals surface area contributed by atoms with E-state index < -0.39 is 0 Å². The second kappa shape index (κ2) is 13.0. The minimum Gasteiger partial charge on any atom is -0.381 e. The third-order valence-corrected chi connectivity index (χ3v) is 3.06. The molecule has 0 saturated heterocycles. The van der Waals surface area contributed by atoms with Gasteiger partial charge in [-0.2, -0.15) is 0 Å². The molecular weight excluding hydrogens is 198 g/mol. The Morgan fingerprint density at radius 1 is 0.938 bits per heavy atom. The molecule has 2 nitrogen and oxygen atoms in total. The van der Waals surface area contributed by atoms with E-state index in [2.05, 4.69) is 19.2 Å². The largest absolute Gasteiger partial charge is 0.381 e. The van der Waals surface area contributed by atoms with Gasteiger partial charge in [0.1, 0.15) is 0 Å². The van der Waals surface area contributed by atoms with Gasteiger partial charge in [0, 0.05) is 19.3 Å². The maximum Gasteiger partial charge on any atom is 0.0466 e. The summed E-state index contributed by atoms with van der Waals surface area (Å²) in [6.07, 6.45) is 10.5. The molecule has 0 aliphatic rings. The number of ether oxygens (including phenoxy) is 1. The fourth-order valence-electron chi connectivity index (χ4n) is 1.72. The van der Waals surface area contributed by atoms with Gasteiger partial charge >= 0.3 is 0 Å². The molecule has 0 amide bonds. The summed E-state index contributed by atoms with van der Waals surface area (Å²) >= 11 is 0. The summed E-state index contributed by atoms with van der Waals surface area (Å²) in [6, 6.07) is 0.623. The van der Waals surface area contributed by atoms with Crippen LogP contribution in [0.3, 0.4) is 0 Å². The third-order valence-electron chi connectivity index (χ3n) is 3.06. The van der Waals surface area contributed by atoms with Crippen molar-refractivity contribution < 1.29 is 4.74 Å². The molecule has 0 fully saturated rings. The van der Waals surface area contributed by atoms with Crippen LogP contribution in [0.25, 0.3) is 0 Å². The first-order valence-corrected chi connectivity index (χ1v) is 7.06. The van der Waals surface area contributed by atoms with Gasteiger partial charge in [-0.3, -0.25) is 0 Å².